The molecular weight excluding hydrogens is 158 g/mol. The van der Waals surface area contributed by atoms with E-state index in [1.165, 1.54) is 0 Å². The number of cyclic esters (lactones) is 1. The molecule has 0 spiro atoms. The van der Waals surface area contributed by atoms with Crippen LogP contribution >= 0.6 is 0 Å². The zero-order valence-electron chi connectivity index (χ0n) is 7.46. The van der Waals surface area contributed by atoms with Crippen molar-refractivity contribution in [3.63, 3.8) is 0 Å². The van der Waals surface area contributed by atoms with E-state index in [0.29, 0.717) is 0 Å². The van der Waals surface area contributed by atoms with Gasteiger partial charge in [-0.15, -0.1) is 0 Å². The van der Waals surface area contributed by atoms with Gasteiger partial charge in [0.25, 0.3) is 5.91 Å². The smallest absolute Gasteiger partial charge is 0.329 e. The summed E-state index contributed by atoms with van der Waals surface area (Å²) in [5.74, 6) is -0.473. The fourth-order valence-corrected chi connectivity index (χ4v) is 1.07. The van der Waals surface area contributed by atoms with Crippen LogP contribution in [0.15, 0.2) is 0 Å². The Labute approximate surface area is 71.3 Å². The molecule has 0 bridgehead atoms. The zero-order chi connectivity index (χ0) is 9.30. The van der Waals surface area contributed by atoms with Gasteiger partial charge in [-0.2, -0.15) is 0 Å². The Kier molecular flexibility index (Phi) is 2.35. The molecule has 0 aromatic rings. The SMILES string of the molecule is CC1OC(=O)[C@@H](C(C)C)NC1=O. The largest absolute Gasteiger partial charge is 0.451 e. The number of hydrogen-bond donors (Lipinski definition) is 1. The summed E-state index contributed by atoms with van der Waals surface area (Å²) in [5, 5.41) is 2.60. The molecule has 0 aromatic carbocycles. The molecule has 1 aliphatic heterocycles. The number of nitrogens with one attached hydrogen (secondary N) is 1. The van der Waals surface area contributed by atoms with Crippen LogP contribution in [0, 0.1) is 5.92 Å². The molecule has 0 saturated carbocycles. The van der Waals surface area contributed by atoms with Gasteiger partial charge in [-0.1, -0.05) is 13.8 Å². The quantitative estimate of drug-likeness (QED) is 0.568. The van der Waals surface area contributed by atoms with Gasteiger partial charge in [0, 0.05) is 0 Å². The van der Waals surface area contributed by atoms with Crippen molar-refractivity contribution in [1.82, 2.24) is 5.32 Å². The maximum absolute atomic E-state index is 11.2. The zero-order valence-corrected chi connectivity index (χ0v) is 7.46. The number of esters is 1. The molecule has 0 aromatic heterocycles. The lowest BCUT2D eigenvalue weighted by atomic mass is 10.0. The molecule has 1 aliphatic rings. The minimum absolute atomic E-state index is 0.0777. The molecule has 1 fully saturated rings. The third-order valence-electron chi connectivity index (χ3n) is 1.88. The fourth-order valence-electron chi connectivity index (χ4n) is 1.07. The molecule has 4 heteroatoms. The van der Waals surface area contributed by atoms with Crippen LogP contribution in [0.2, 0.25) is 0 Å². The first-order chi connectivity index (χ1) is 5.52. The Morgan fingerprint density at radius 1 is 1.42 bits per heavy atom. The van der Waals surface area contributed by atoms with Crippen LogP contribution in [0.5, 0.6) is 0 Å². The molecule has 0 aliphatic carbocycles. The van der Waals surface area contributed by atoms with Crippen molar-refractivity contribution in [1.29, 1.82) is 0 Å². The second-order valence-corrected chi connectivity index (χ2v) is 3.31. The predicted molar refractivity (Wildman–Crippen MR) is 42.3 cm³/mol. The minimum Gasteiger partial charge on any atom is -0.451 e. The number of amides is 1. The van der Waals surface area contributed by atoms with Crippen LogP contribution in [0.1, 0.15) is 20.8 Å². The molecule has 1 N–H and O–H groups in total. The average molecular weight is 171 g/mol. The third kappa shape index (κ3) is 1.57. The van der Waals surface area contributed by atoms with E-state index in [1.807, 2.05) is 13.8 Å². The summed E-state index contributed by atoms with van der Waals surface area (Å²) in [6.07, 6.45) is -0.646. The molecule has 0 radical (unpaired) electrons. The molecule has 1 rings (SSSR count). The van der Waals surface area contributed by atoms with E-state index in [-0.39, 0.29) is 17.8 Å². The van der Waals surface area contributed by atoms with Crippen LogP contribution in [-0.2, 0) is 14.3 Å². The summed E-state index contributed by atoms with van der Waals surface area (Å²) in [5.41, 5.74) is 0. The third-order valence-corrected chi connectivity index (χ3v) is 1.88. The van der Waals surface area contributed by atoms with Gasteiger partial charge in [0.2, 0.25) is 0 Å². The summed E-state index contributed by atoms with van der Waals surface area (Å²) in [6, 6.07) is -0.478. The number of carbonyl (C=O) groups excluding carboxylic acids is 2. The maximum Gasteiger partial charge on any atom is 0.329 e. The van der Waals surface area contributed by atoms with E-state index < -0.39 is 12.1 Å². The molecule has 2 atom stereocenters. The lowest BCUT2D eigenvalue weighted by Gasteiger charge is -2.28. The van der Waals surface area contributed by atoms with Gasteiger partial charge in [-0.25, -0.2) is 4.79 Å². The van der Waals surface area contributed by atoms with Gasteiger partial charge in [0.1, 0.15) is 6.04 Å². The highest BCUT2D eigenvalue weighted by Crippen LogP contribution is 2.10. The number of rotatable bonds is 1. The van der Waals surface area contributed by atoms with E-state index in [2.05, 4.69) is 5.32 Å². The summed E-state index contributed by atoms with van der Waals surface area (Å²) in [7, 11) is 0. The number of carbonyl (C=O) groups is 2. The monoisotopic (exact) mass is 171 g/mol. The molecular formula is C8H13NO3. The van der Waals surface area contributed by atoms with Crippen LogP contribution in [0.3, 0.4) is 0 Å². The van der Waals surface area contributed by atoms with E-state index in [4.69, 9.17) is 4.74 Å². The molecule has 1 heterocycles. The second kappa shape index (κ2) is 3.13. The highest BCUT2D eigenvalue weighted by atomic mass is 16.6. The minimum atomic E-state index is -0.646. The number of hydrogen-bond acceptors (Lipinski definition) is 3. The van der Waals surface area contributed by atoms with E-state index in [0.717, 1.165) is 0 Å². The van der Waals surface area contributed by atoms with E-state index in [1.54, 1.807) is 6.92 Å². The van der Waals surface area contributed by atoms with Gasteiger partial charge < -0.3 is 10.1 Å². The predicted octanol–water partition coefficient (Wildman–Crippen LogP) is 0.0725. The van der Waals surface area contributed by atoms with Crippen molar-refractivity contribution >= 4 is 11.9 Å². The Morgan fingerprint density at radius 2 is 2.00 bits per heavy atom. The van der Waals surface area contributed by atoms with Crippen molar-refractivity contribution in [2.75, 3.05) is 0 Å². The van der Waals surface area contributed by atoms with Gasteiger partial charge >= 0.3 is 5.97 Å². The van der Waals surface area contributed by atoms with E-state index >= 15 is 0 Å². The average Bonchev–Trinajstić information content (AvgIpc) is 1.96. The first-order valence-corrected chi connectivity index (χ1v) is 4.03. The van der Waals surface area contributed by atoms with Gasteiger partial charge in [-0.05, 0) is 12.8 Å². The molecule has 68 valence electrons. The Balaban J connectivity index is 2.68. The number of morpholine rings is 1. The van der Waals surface area contributed by atoms with Crippen LogP contribution in [0.25, 0.3) is 0 Å². The van der Waals surface area contributed by atoms with Crippen LogP contribution in [0.4, 0.5) is 0 Å². The summed E-state index contributed by atoms with van der Waals surface area (Å²) >= 11 is 0. The molecule has 1 unspecified atom stereocenters. The van der Waals surface area contributed by atoms with Crippen molar-refractivity contribution in [2.45, 2.75) is 32.9 Å². The lowest BCUT2D eigenvalue weighted by Crippen LogP contribution is -2.55. The molecule has 1 saturated heterocycles. The summed E-state index contributed by atoms with van der Waals surface area (Å²) in [6.45, 7) is 5.29. The highest BCUT2D eigenvalue weighted by Gasteiger charge is 2.34. The lowest BCUT2D eigenvalue weighted by molar-refractivity contribution is -0.165. The van der Waals surface area contributed by atoms with Crippen LogP contribution < -0.4 is 5.32 Å². The van der Waals surface area contributed by atoms with Gasteiger partial charge in [0.05, 0.1) is 0 Å². The van der Waals surface area contributed by atoms with Crippen molar-refractivity contribution < 1.29 is 14.3 Å². The summed E-state index contributed by atoms with van der Waals surface area (Å²) in [4.78, 5) is 22.2. The Bertz CT molecular complexity index is 212. The number of ether oxygens (including phenoxy) is 1. The second-order valence-electron chi connectivity index (χ2n) is 3.31. The standard InChI is InChI=1S/C8H13NO3/c1-4(2)6-8(11)12-5(3)7(10)9-6/h4-6H,1-3H3,(H,9,10)/t5?,6-/m1/s1. The topological polar surface area (TPSA) is 55.4 Å². The van der Waals surface area contributed by atoms with Gasteiger partial charge in [0.15, 0.2) is 6.10 Å². The normalized spacial score (nSPS) is 30.0. The maximum atomic E-state index is 11.2. The fraction of sp³-hybridized carbons (Fsp3) is 0.750. The molecule has 4 nitrogen and oxygen atoms in total. The van der Waals surface area contributed by atoms with Gasteiger partial charge in [-0.3, -0.25) is 4.79 Å². The first-order valence-electron chi connectivity index (χ1n) is 4.03. The highest BCUT2D eigenvalue weighted by molar-refractivity contribution is 5.92. The van der Waals surface area contributed by atoms with Crippen molar-refractivity contribution in [3.8, 4) is 0 Å². The Hall–Kier alpha value is -1.06. The van der Waals surface area contributed by atoms with Crippen LogP contribution in [-0.4, -0.2) is 24.0 Å². The molecule has 1 amide bonds. The van der Waals surface area contributed by atoms with Crippen molar-refractivity contribution in [2.24, 2.45) is 5.92 Å². The van der Waals surface area contributed by atoms with E-state index in [9.17, 15) is 9.59 Å². The molecule has 12 heavy (non-hydrogen) atoms. The summed E-state index contributed by atoms with van der Waals surface area (Å²) < 4.78 is 4.82. The van der Waals surface area contributed by atoms with Crippen molar-refractivity contribution in [3.05, 3.63) is 0 Å². The first kappa shape index (κ1) is 9.03. The Morgan fingerprint density at radius 3 is 2.50 bits per heavy atom.